The molecule has 0 fully saturated rings. The lowest BCUT2D eigenvalue weighted by atomic mass is 10.9. The molecule has 0 atom stereocenters. The summed E-state index contributed by atoms with van der Waals surface area (Å²) in [7, 11) is -1.58. The van der Waals surface area contributed by atoms with Crippen LogP contribution in [-0.4, -0.2) is 18.1 Å². The number of halogens is 1. The molecule has 0 aromatic rings. The average molecular weight is 175 g/mol. The fraction of sp³-hybridized carbons (Fsp3) is 1.00. The first-order valence-electron chi connectivity index (χ1n) is 2.56. The third kappa shape index (κ3) is 8.60. The van der Waals surface area contributed by atoms with Crippen LogP contribution in [0, 0.1) is 0 Å². The summed E-state index contributed by atoms with van der Waals surface area (Å²) in [5.41, 5.74) is 0. The fourth-order valence-electron chi connectivity index (χ4n) is 0.258. The summed E-state index contributed by atoms with van der Waals surface area (Å²) >= 11 is 0. The molecule has 9 heavy (non-hydrogen) atoms. The summed E-state index contributed by atoms with van der Waals surface area (Å²) in [5, 5.41) is 0. The smallest absolute Gasteiger partial charge is 0.328 e. The minimum Gasteiger partial charge on any atom is -0.328 e. The molecule has 3 nitrogen and oxygen atoms in total. The van der Waals surface area contributed by atoms with Gasteiger partial charge in [-0.15, -0.1) is 12.4 Å². The molecular formula is C4H12ClO3P. The Balaban J connectivity index is 0. The van der Waals surface area contributed by atoms with E-state index in [2.05, 4.69) is 9.05 Å². The molecule has 0 saturated carbocycles. The molecular weight excluding hydrogens is 162 g/mol. The monoisotopic (exact) mass is 174 g/mol. The van der Waals surface area contributed by atoms with Gasteiger partial charge in [0.25, 0.3) is 0 Å². The van der Waals surface area contributed by atoms with E-state index in [1.165, 1.54) is 0 Å². The van der Waals surface area contributed by atoms with Crippen molar-refractivity contribution >= 4 is 21.0 Å². The highest BCUT2D eigenvalue weighted by Crippen LogP contribution is 2.31. The van der Waals surface area contributed by atoms with Crippen LogP contribution in [0.2, 0.25) is 0 Å². The van der Waals surface area contributed by atoms with Gasteiger partial charge >= 0.3 is 8.60 Å². The zero-order valence-corrected chi connectivity index (χ0v) is 7.24. The van der Waals surface area contributed by atoms with Crippen LogP contribution >= 0.6 is 21.0 Å². The molecule has 0 amide bonds. The largest absolute Gasteiger partial charge is 0.329 e. The Morgan fingerprint density at radius 2 is 1.56 bits per heavy atom. The maximum Gasteiger partial charge on any atom is 0.329 e. The first-order chi connectivity index (χ1) is 3.81. The van der Waals surface area contributed by atoms with E-state index in [1.54, 1.807) is 0 Å². The second-order valence-corrected chi connectivity index (χ2v) is 2.07. The van der Waals surface area contributed by atoms with Gasteiger partial charge in [0.2, 0.25) is 0 Å². The normalized spacial score (nSPS) is 9.33. The van der Waals surface area contributed by atoms with E-state index >= 15 is 0 Å². The van der Waals surface area contributed by atoms with Crippen molar-refractivity contribution in [3.05, 3.63) is 0 Å². The van der Waals surface area contributed by atoms with Crippen LogP contribution in [0.3, 0.4) is 0 Å². The van der Waals surface area contributed by atoms with Gasteiger partial charge in [0, 0.05) is 0 Å². The summed E-state index contributed by atoms with van der Waals surface area (Å²) in [5.74, 6) is 0. The Labute approximate surface area is 62.8 Å². The molecule has 0 heterocycles. The highest BCUT2D eigenvalue weighted by Gasteiger charge is 2.00. The third-order valence-electron chi connectivity index (χ3n) is 0.479. The number of hydrogen-bond acceptors (Lipinski definition) is 3. The standard InChI is InChI=1S/C4H11O3P.ClH/c1-3-6-8(5)7-4-2;/h5H,3-4H2,1-2H3;1H. The van der Waals surface area contributed by atoms with Crippen LogP contribution in [0.25, 0.3) is 0 Å². The van der Waals surface area contributed by atoms with Crippen molar-refractivity contribution in [2.45, 2.75) is 13.8 Å². The van der Waals surface area contributed by atoms with E-state index < -0.39 is 8.60 Å². The summed E-state index contributed by atoms with van der Waals surface area (Å²) in [4.78, 5) is 8.67. The third-order valence-corrected chi connectivity index (χ3v) is 1.44. The van der Waals surface area contributed by atoms with Crippen LogP contribution in [-0.2, 0) is 9.05 Å². The van der Waals surface area contributed by atoms with Crippen LogP contribution in [0.1, 0.15) is 13.8 Å². The van der Waals surface area contributed by atoms with Crippen LogP contribution in [0.4, 0.5) is 0 Å². The summed E-state index contributed by atoms with van der Waals surface area (Å²) in [6, 6.07) is 0. The van der Waals surface area contributed by atoms with Crippen molar-refractivity contribution in [2.75, 3.05) is 13.2 Å². The molecule has 5 heteroatoms. The Kier molecular flexibility index (Phi) is 11.7. The fourth-order valence-corrected chi connectivity index (χ4v) is 0.774. The highest BCUT2D eigenvalue weighted by atomic mass is 35.5. The highest BCUT2D eigenvalue weighted by molar-refractivity contribution is 7.40. The van der Waals surface area contributed by atoms with Gasteiger partial charge in [-0.25, -0.2) is 0 Å². The van der Waals surface area contributed by atoms with Crippen LogP contribution < -0.4 is 0 Å². The Hall–Kier alpha value is 0.600. The minimum atomic E-state index is -1.58. The van der Waals surface area contributed by atoms with E-state index in [0.717, 1.165) is 0 Å². The topological polar surface area (TPSA) is 38.7 Å². The van der Waals surface area contributed by atoms with Crippen molar-refractivity contribution in [3.63, 3.8) is 0 Å². The first kappa shape index (κ1) is 12.3. The van der Waals surface area contributed by atoms with Gasteiger partial charge in [0.15, 0.2) is 0 Å². The number of rotatable bonds is 4. The zero-order chi connectivity index (χ0) is 6.41. The molecule has 0 unspecified atom stereocenters. The zero-order valence-electron chi connectivity index (χ0n) is 5.53. The van der Waals surface area contributed by atoms with Gasteiger partial charge in [0.1, 0.15) is 0 Å². The lowest BCUT2D eigenvalue weighted by Crippen LogP contribution is -1.87. The molecule has 0 spiro atoms. The summed E-state index contributed by atoms with van der Waals surface area (Å²) < 4.78 is 9.36. The van der Waals surface area contributed by atoms with Gasteiger partial charge in [-0.2, -0.15) is 0 Å². The SMILES string of the molecule is CCOP(O)OCC.Cl. The van der Waals surface area contributed by atoms with Gasteiger partial charge in [0.05, 0.1) is 13.2 Å². The van der Waals surface area contributed by atoms with Crippen molar-refractivity contribution in [1.82, 2.24) is 0 Å². The van der Waals surface area contributed by atoms with E-state index in [9.17, 15) is 0 Å². The van der Waals surface area contributed by atoms with Gasteiger partial charge in [-0.3, -0.25) is 0 Å². The average Bonchev–Trinajstić information content (AvgIpc) is 1.68. The second kappa shape index (κ2) is 8.60. The predicted octanol–water partition coefficient (Wildman–Crippen LogP) is 1.70. The maximum atomic E-state index is 8.67. The molecule has 0 aromatic carbocycles. The van der Waals surface area contributed by atoms with Crippen molar-refractivity contribution < 1.29 is 13.9 Å². The Bertz CT molecular complexity index is 49.1. The van der Waals surface area contributed by atoms with Crippen molar-refractivity contribution in [2.24, 2.45) is 0 Å². The molecule has 1 N–H and O–H groups in total. The molecule has 0 saturated heterocycles. The van der Waals surface area contributed by atoms with E-state index in [4.69, 9.17) is 4.89 Å². The van der Waals surface area contributed by atoms with E-state index in [-0.39, 0.29) is 12.4 Å². The summed E-state index contributed by atoms with van der Waals surface area (Å²) in [6.45, 7) is 4.62. The minimum absolute atomic E-state index is 0. The van der Waals surface area contributed by atoms with Crippen LogP contribution in [0.5, 0.6) is 0 Å². The molecule has 0 aliphatic heterocycles. The predicted molar refractivity (Wildman–Crippen MR) is 39.6 cm³/mol. The Morgan fingerprint density at radius 1 is 1.22 bits per heavy atom. The quantitative estimate of drug-likeness (QED) is 0.660. The summed E-state index contributed by atoms with van der Waals surface area (Å²) in [6.07, 6.45) is 0. The molecule has 0 aromatic heterocycles. The molecule has 0 rings (SSSR count). The van der Waals surface area contributed by atoms with E-state index in [1.807, 2.05) is 13.8 Å². The molecule has 0 radical (unpaired) electrons. The van der Waals surface area contributed by atoms with Crippen molar-refractivity contribution in [1.29, 1.82) is 0 Å². The molecule has 0 aliphatic carbocycles. The first-order valence-corrected chi connectivity index (χ1v) is 3.69. The van der Waals surface area contributed by atoms with Gasteiger partial charge < -0.3 is 13.9 Å². The molecule has 0 bridgehead atoms. The lowest BCUT2D eigenvalue weighted by Gasteiger charge is -2.05. The molecule has 58 valence electrons. The van der Waals surface area contributed by atoms with Gasteiger partial charge in [-0.05, 0) is 13.8 Å². The van der Waals surface area contributed by atoms with Gasteiger partial charge in [-0.1, -0.05) is 0 Å². The maximum absolute atomic E-state index is 8.67. The Morgan fingerprint density at radius 3 is 1.78 bits per heavy atom. The lowest BCUT2D eigenvalue weighted by molar-refractivity contribution is 0.216. The van der Waals surface area contributed by atoms with Crippen molar-refractivity contribution in [3.8, 4) is 0 Å². The second-order valence-electron chi connectivity index (χ2n) is 1.07. The number of hydrogen-bond donors (Lipinski definition) is 1. The van der Waals surface area contributed by atoms with E-state index in [0.29, 0.717) is 13.2 Å². The van der Waals surface area contributed by atoms with Crippen LogP contribution in [0.15, 0.2) is 0 Å². The molecule has 0 aliphatic rings.